The van der Waals surface area contributed by atoms with Gasteiger partial charge in [0.2, 0.25) is 5.91 Å². The van der Waals surface area contributed by atoms with Gasteiger partial charge in [-0.1, -0.05) is 366 Å². The molecule has 0 rings (SSSR count). The van der Waals surface area contributed by atoms with Crippen LogP contribution in [0.1, 0.15) is 399 Å². The fourth-order valence-electron chi connectivity index (χ4n) is 11.2. The predicted molar refractivity (Wildman–Crippen MR) is 333 cm³/mol. The summed E-state index contributed by atoms with van der Waals surface area (Å²) >= 11 is 0. The molecule has 2 atom stereocenters. The van der Waals surface area contributed by atoms with Crippen LogP contribution in [0.15, 0.2) is 12.2 Å². The molecule has 0 aliphatic rings. The number of aliphatic hydroxyl groups excluding tert-OH is 2. The highest BCUT2D eigenvalue weighted by Crippen LogP contribution is 2.19. The zero-order valence-electron chi connectivity index (χ0n) is 51.8. The first-order valence-electron chi connectivity index (χ1n) is 35.0. The zero-order chi connectivity index (χ0) is 55.0. The van der Waals surface area contributed by atoms with Crippen molar-refractivity contribution in [2.45, 2.75) is 411 Å². The van der Waals surface area contributed by atoms with E-state index in [1.54, 1.807) is 6.08 Å². The number of carbonyl (C=O) groups excluding carboxylic acids is 2. The Hall–Kier alpha value is -1.40. The van der Waals surface area contributed by atoms with Crippen LogP contribution in [0.2, 0.25) is 0 Å². The van der Waals surface area contributed by atoms with E-state index in [9.17, 15) is 19.8 Å². The number of unbranched alkanes of at least 4 members (excludes halogenated alkanes) is 55. The number of carbonyl (C=O) groups is 2. The van der Waals surface area contributed by atoms with Crippen LogP contribution in [-0.4, -0.2) is 47.4 Å². The summed E-state index contributed by atoms with van der Waals surface area (Å²) in [5.41, 5.74) is 0. The molecule has 76 heavy (non-hydrogen) atoms. The van der Waals surface area contributed by atoms with Crippen molar-refractivity contribution < 1.29 is 24.5 Å². The number of ether oxygens (including phenoxy) is 1. The molecule has 0 aliphatic carbocycles. The summed E-state index contributed by atoms with van der Waals surface area (Å²) in [6.07, 6.45) is 81.4. The maximum atomic E-state index is 12.5. The summed E-state index contributed by atoms with van der Waals surface area (Å²) in [6.45, 7) is 4.95. The summed E-state index contributed by atoms with van der Waals surface area (Å²) in [7, 11) is 0. The second-order valence-electron chi connectivity index (χ2n) is 24.2. The van der Waals surface area contributed by atoms with Crippen molar-refractivity contribution in [1.82, 2.24) is 5.32 Å². The van der Waals surface area contributed by atoms with Gasteiger partial charge in [-0.15, -0.1) is 0 Å². The number of allylic oxidation sites excluding steroid dienone is 1. The van der Waals surface area contributed by atoms with Gasteiger partial charge in [-0.3, -0.25) is 9.59 Å². The summed E-state index contributed by atoms with van der Waals surface area (Å²) in [5, 5.41) is 23.2. The third-order valence-corrected chi connectivity index (χ3v) is 16.6. The van der Waals surface area contributed by atoms with Crippen molar-refractivity contribution in [1.29, 1.82) is 0 Å². The minimum absolute atomic E-state index is 0.0218. The molecule has 0 saturated carbocycles. The van der Waals surface area contributed by atoms with E-state index in [0.717, 1.165) is 38.5 Å². The first kappa shape index (κ1) is 74.6. The Bertz CT molecular complexity index is 1140. The molecule has 0 bridgehead atoms. The van der Waals surface area contributed by atoms with Crippen molar-refractivity contribution in [2.75, 3.05) is 13.2 Å². The number of aliphatic hydroxyl groups is 2. The van der Waals surface area contributed by atoms with Gasteiger partial charge in [0.15, 0.2) is 0 Å². The number of nitrogens with one attached hydrogen (secondary N) is 1. The van der Waals surface area contributed by atoms with Crippen molar-refractivity contribution in [3.63, 3.8) is 0 Å². The Kier molecular flexibility index (Phi) is 64.9. The van der Waals surface area contributed by atoms with Crippen LogP contribution >= 0.6 is 0 Å². The molecule has 0 aromatic heterocycles. The van der Waals surface area contributed by atoms with Crippen LogP contribution in [0.3, 0.4) is 0 Å². The summed E-state index contributed by atoms with van der Waals surface area (Å²) in [4.78, 5) is 24.6. The molecule has 1 amide bonds. The maximum Gasteiger partial charge on any atom is 0.305 e. The summed E-state index contributed by atoms with van der Waals surface area (Å²) in [6, 6.07) is -0.625. The third-order valence-electron chi connectivity index (χ3n) is 16.6. The monoisotopic (exact) mass is 1070 g/mol. The maximum absolute atomic E-state index is 12.5. The SMILES string of the molecule is CCCCCCCCCCCCCCCC/C=C/C(O)C(CO)NC(=O)CCCCCCCCCCCCCCCCCCCCCCCCCCCCOC(=O)CCCCCCCCCCCCCCCCCCC. The van der Waals surface area contributed by atoms with Crippen molar-refractivity contribution in [2.24, 2.45) is 0 Å². The minimum atomic E-state index is -0.842. The second-order valence-corrected chi connectivity index (χ2v) is 24.2. The van der Waals surface area contributed by atoms with E-state index in [2.05, 4.69) is 19.2 Å². The number of amides is 1. The predicted octanol–water partition coefficient (Wildman–Crippen LogP) is 22.4. The van der Waals surface area contributed by atoms with Crippen LogP contribution in [0.25, 0.3) is 0 Å². The third kappa shape index (κ3) is 61.8. The van der Waals surface area contributed by atoms with Crippen molar-refractivity contribution in [3.8, 4) is 0 Å². The molecule has 0 fully saturated rings. The number of esters is 1. The lowest BCUT2D eigenvalue weighted by atomic mass is 10.0. The molecule has 6 heteroatoms. The topological polar surface area (TPSA) is 95.9 Å². The number of hydrogen-bond acceptors (Lipinski definition) is 5. The molecule has 0 radical (unpaired) electrons. The Morgan fingerprint density at radius 3 is 0.895 bits per heavy atom. The van der Waals surface area contributed by atoms with Crippen LogP contribution in [0, 0.1) is 0 Å². The highest BCUT2D eigenvalue weighted by Gasteiger charge is 2.18. The Morgan fingerprint density at radius 2 is 0.605 bits per heavy atom. The fourth-order valence-corrected chi connectivity index (χ4v) is 11.2. The summed E-state index contributed by atoms with van der Waals surface area (Å²) in [5.74, 6) is -0.0406. The largest absolute Gasteiger partial charge is 0.466 e. The lowest BCUT2D eigenvalue weighted by Gasteiger charge is -2.20. The molecule has 0 aromatic rings. The highest BCUT2D eigenvalue weighted by molar-refractivity contribution is 5.76. The summed E-state index contributed by atoms with van der Waals surface area (Å²) < 4.78 is 5.51. The van der Waals surface area contributed by atoms with Crippen LogP contribution < -0.4 is 5.32 Å². The molecule has 0 spiro atoms. The highest BCUT2D eigenvalue weighted by atomic mass is 16.5. The first-order valence-corrected chi connectivity index (χ1v) is 35.0. The van der Waals surface area contributed by atoms with E-state index >= 15 is 0 Å². The van der Waals surface area contributed by atoms with Gasteiger partial charge >= 0.3 is 5.97 Å². The minimum Gasteiger partial charge on any atom is -0.466 e. The van der Waals surface area contributed by atoms with Crippen molar-refractivity contribution in [3.05, 3.63) is 12.2 Å². The van der Waals surface area contributed by atoms with Gasteiger partial charge < -0.3 is 20.3 Å². The molecule has 0 saturated heterocycles. The van der Waals surface area contributed by atoms with Crippen LogP contribution in [0.5, 0.6) is 0 Å². The van der Waals surface area contributed by atoms with E-state index in [1.165, 1.54) is 334 Å². The second kappa shape index (κ2) is 66.1. The molecule has 0 heterocycles. The van der Waals surface area contributed by atoms with E-state index in [1.807, 2.05) is 6.08 Å². The van der Waals surface area contributed by atoms with Gasteiger partial charge in [-0.05, 0) is 32.1 Å². The molecule has 6 nitrogen and oxygen atoms in total. The normalized spacial score (nSPS) is 12.5. The molecular weight excluding hydrogens is 935 g/mol. The average molecular weight is 1070 g/mol. The van der Waals surface area contributed by atoms with Crippen LogP contribution in [0.4, 0.5) is 0 Å². The van der Waals surface area contributed by atoms with E-state index in [0.29, 0.717) is 19.4 Å². The zero-order valence-corrected chi connectivity index (χ0v) is 51.8. The molecule has 452 valence electrons. The van der Waals surface area contributed by atoms with E-state index in [4.69, 9.17) is 4.74 Å². The van der Waals surface area contributed by atoms with E-state index < -0.39 is 12.1 Å². The van der Waals surface area contributed by atoms with Crippen LogP contribution in [-0.2, 0) is 14.3 Å². The molecule has 2 unspecified atom stereocenters. The van der Waals surface area contributed by atoms with Gasteiger partial charge in [0.05, 0.1) is 25.4 Å². The standard InChI is InChI=1S/C70H137NO5/c1-3-5-7-9-11-13-15-17-19-31-36-40-44-48-52-56-60-64-70(75)76-65-61-57-53-49-45-41-37-33-30-28-26-24-22-21-23-25-27-29-32-35-39-43-47-51-55-59-63-69(74)71-67(66-72)68(73)62-58-54-50-46-42-38-34-20-18-16-14-12-10-8-6-4-2/h58,62,67-68,72-73H,3-57,59-61,63-66H2,1-2H3,(H,71,74)/b62-58+. The Morgan fingerprint density at radius 1 is 0.355 bits per heavy atom. The number of hydrogen-bond donors (Lipinski definition) is 3. The average Bonchev–Trinajstić information content (AvgIpc) is 3.42. The van der Waals surface area contributed by atoms with Gasteiger partial charge in [0, 0.05) is 12.8 Å². The van der Waals surface area contributed by atoms with Gasteiger partial charge in [-0.2, -0.15) is 0 Å². The fraction of sp³-hybridized carbons (Fsp3) is 0.943. The Balaban J connectivity index is 3.35. The van der Waals surface area contributed by atoms with Gasteiger partial charge in [0.1, 0.15) is 0 Å². The molecule has 0 aliphatic heterocycles. The number of rotatable bonds is 66. The van der Waals surface area contributed by atoms with Gasteiger partial charge in [-0.25, -0.2) is 0 Å². The first-order chi connectivity index (χ1) is 37.5. The lowest BCUT2D eigenvalue weighted by molar-refractivity contribution is -0.143. The van der Waals surface area contributed by atoms with Crippen molar-refractivity contribution >= 4 is 11.9 Å². The molecule has 3 N–H and O–H groups in total. The van der Waals surface area contributed by atoms with E-state index in [-0.39, 0.29) is 18.5 Å². The quantitative estimate of drug-likeness (QED) is 0.0320. The smallest absolute Gasteiger partial charge is 0.305 e. The molecule has 0 aromatic carbocycles. The van der Waals surface area contributed by atoms with Gasteiger partial charge in [0.25, 0.3) is 0 Å². The lowest BCUT2D eigenvalue weighted by Crippen LogP contribution is -2.45. The molecular formula is C70H137NO5. The Labute approximate surface area is 476 Å².